The van der Waals surface area contributed by atoms with Crippen LogP contribution in [0.25, 0.3) is 10.2 Å². The second-order valence-corrected chi connectivity index (χ2v) is 12.7. The molecule has 38 heavy (non-hydrogen) atoms. The number of benzene rings is 2. The number of phenolic OH excluding ortho intramolecular Hbond substituents is 1. The number of hydrogen-bond donors (Lipinski definition) is 1. The number of nitrogens with zero attached hydrogens (tertiary/aromatic N) is 7. The summed E-state index contributed by atoms with van der Waals surface area (Å²) in [5, 5.41) is 10.8. The molecule has 2 aliphatic rings. The first-order valence-electron chi connectivity index (χ1n) is 13.0. The molecule has 0 saturated carbocycles. The lowest BCUT2D eigenvalue weighted by Gasteiger charge is -2.30. The lowest BCUT2D eigenvalue weighted by Crippen LogP contribution is -2.34. The molecule has 0 spiro atoms. The van der Waals surface area contributed by atoms with Gasteiger partial charge < -0.3 is 14.9 Å². The molecule has 2 fully saturated rings. The third kappa shape index (κ3) is 5.94. The van der Waals surface area contributed by atoms with Gasteiger partial charge in [0.05, 0.1) is 15.9 Å². The van der Waals surface area contributed by atoms with Gasteiger partial charge in [-0.05, 0) is 86.7 Å². The average Bonchev–Trinajstić information content (AvgIpc) is 3.35. The summed E-state index contributed by atoms with van der Waals surface area (Å²) >= 11 is 6.55. The standard InChI is InChI=1S/C27H28BrN7OS2/c28-19-7-10-22(36)18(15-19)17-29-20-8-9-21-23(16-20)37-27(30-21)38-26-32-24(34-11-3-1-4-12-34)31-25(33-26)35-13-5-2-6-14-35/h7-10,15-17,36H,1-6,11-14H2. The zero-order valence-corrected chi connectivity index (χ0v) is 24.1. The van der Waals surface area contributed by atoms with E-state index in [0.717, 1.165) is 62.8 Å². The summed E-state index contributed by atoms with van der Waals surface area (Å²) in [5.74, 6) is 1.77. The number of anilines is 2. The summed E-state index contributed by atoms with van der Waals surface area (Å²) < 4.78 is 2.83. The molecule has 0 bridgehead atoms. The van der Waals surface area contributed by atoms with Gasteiger partial charge in [-0.25, -0.2) is 4.98 Å². The number of thiazole rings is 1. The van der Waals surface area contributed by atoms with E-state index in [-0.39, 0.29) is 5.75 Å². The van der Waals surface area contributed by atoms with E-state index in [2.05, 4.69) is 30.7 Å². The van der Waals surface area contributed by atoms with E-state index >= 15 is 0 Å². The second-order valence-electron chi connectivity index (χ2n) is 9.51. The summed E-state index contributed by atoms with van der Waals surface area (Å²) in [7, 11) is 0. The zero-order chi connectivity index (χ0) is 25.9. The topological polar surface area (TPSA) is 90.6 Å². The third-order valence-electron chi connectivity index (χ3n) is 6.74. The van der Waals surface area contributed by atoms with Crippen LogP contribution in [0.15, 0.2) is 55.4 Å². The fourth-order valence-electron chi connectivity index (χ4n) is 4.72. The van der Waals surface area contributed by atoms with Crippen LogP contribution in [-0.4, -0.2) is 57.4 Å². The Kier molecular flexibility index (Phi) is 7.75. The number of aromatic nitrogens is 4. The third-order valence-corrected chi connectivity index (χ3v) is 9.18. The van der Waals surface area contributed by atoms with E-state index in [9.17, 15) is 5.11 Å². The maximum absolute atomic E-state index is 10.1. The molecule has 0 unspecified atom stereocenters. The normalized spacial score (nSPS) is 16.6. The van der Waals surface area contributed by atoms with Crippen LogP contribution in [0.3, 0.4) is 0 Å². The molecule has 4 aromatic rings. The monoisotopic (exact) mass is 609 g/mol. The molecule has 0 aliphatic carbocycles. The van der Waals surface area contributed by atoms with Crippen LogP contribution in [0.1, 0.15) is 44.1 Å². The molecule has 1 N–H and O–H groups in total. The molecule has 0 radical (unpaired) electrons. The molecular weight excluding hydrogens is 582 g/mol. The predicted octanol–water partition coefficient (Wildman–Crippen LogP) is 6.83. The second kappa shape index (κ2) is 11.5. The molecule has 2 saturated heterocycles. The summed E-state index contributed by atoms with van der Waals surface area (Å²) in [6.07, 6.45) is 8.92. The molecule has 0 atom stereocenters. The Hall–Kier alpha value is -2.76. The fraction of sp³-hybridized carbons (Fsp3) is 0.370. The number of phenols is 1. The van der Waals surface area contributed by atoms with Crippen LogP contribution in [0, 0.1) is 0 Å². The zero-order valence-electron chi connectivity index (χ0n) is 20.9. The Morgan fingerprint density at radius 2 is 1.53 bits per heavy atom. The van der Waals surface area contributed by atoms with Crippen molar-refractivity contribution in [2.24, 2.45) is 4.99 Å². The van der Waals surface area contributed by atoms with Crippen molar-refractivity contribution < 1.29 is 5.11 Å². The van der Waals surface area contributed by atoms with Gasteiger partial charge in [-0.15, -0.1) is 11.3 Å². The van der Waals surface area contributed by atoms with Gasteiger partial charge in [-0.1, -0.05) is 15.9 Å². The van der Waals surface area contributed by atoms with Crippen molar-refractivity contribution in [3.05, 3.63) is 46.4 Å². The van der Waals surface area contributed by atoms with E-state index in [1.807, 2.05) is 24.3 Å². The first kappa shape index (κ1) is 25.5. The van der Waals surface area contributed by atoms with E-state index in [1.54, 1.807) is 29.7 Å². The van der Waals surface area contributed by atoms with Gasteiger partial charge in [0, 0.05) is 42.4 Å². The first-order valence-corrected chi connectivity index (χ1v) is 15.4. The Balaban J connectivity index is 1.26. The highest BCUT2D eigenvalue weighted by molar-refractivity contribution is 9.10. The fourth-order valence-corrected chi connectivity index (χ4v) is 7.04. The Morgan fingerprint density at radius 3 is 2.21 bits per heavy atom. The predicted molar refractivity (Wildman–Crippen MR) is 159 cm³/mol. The highest BCUT2D eigenvalue weighted by Crippen LogP contribution is 2.36. The smallest absolute Gasteiger partial charge is 0.231 e. The quantitative estimate of drug-likeness (QED) is 0.238. The SMILES string of the molecule is Oc1ccc(Br)cc1C=Nc1ccc2nc(Sc3nc(N4CCCCC4)nc(N4CCCCC4)n3)sc2c1. The molecule has 2 aromatic carbocycles. The summed E-state index contributed by atoms with van der Waals surface area (Å²) in [4.78, 5) is 28.6. The highest BCUT2D eigenvalue weighted by atomic mass is 79.9. The van der Waals surface area contributed by atoms with Crippen LogP contribution in [0.4, 0.5) is 17.6 Å². The van der Waals surface area contributed by atoms with Crippen molar-refractivity contribution in [1.82, 2.24) is 19.9 Å². The summed E-state index contributed by atoms with van der Waals surface area (Å²) in [5.41, 5.74) is 2.38. The Bertz CT molecular complexity index is 1430. The van der Waals surface area contributed by atoms with E-state index < -0.39 is 0 Å². The minimum absolute atomic E-state index is 0.194. The number of aromatic hydroxyl groups is 1. The van der Waals surface area contributed by atoms with Crippen molar-refractivity contribution in [3.8, 4) is 5.75 Å². The molecule has 8 nitrogen and oxygen atoms in total. The number of halogens is 1. The van der Waals surface area contributed by atoms with E-state index in [0.29, 0.717) is 10.7 Å². The molecule has 6 rings (SSSR count). The van der Waals surface area contributed by atoms with Crippen LogP contribution in [0.2, 0.25) is 0 Å². The van der Waals surface area contributed by atoms with E-state index in [4.69, 9.17) is 19.9 Å². The summed E-state index contributed by atoms with van der Waals surface area (Å²) in [6, 6.07) is 11.2. The van der Waals surface area contributed by atoms with Gasteiger partial charge >= 0.3 is 0 Å². The van der Waals surface area contributed by atoms with Crippen molar-refractivity contribution in [1.29, 1.82) is 0 Å². The van der Waals surface area contributed by atoms with Gasteiger partial charge in [0.25, 0.3) is 0 Å². The maximum Gasteiger partial charge on any atom is 0.231 e. The lowest BCUT2D eigenvalue weighted by molar-refractivity contribution is 0.474. The number of piperidine rings is 2. The van der Waals surface area contributed by atoms with Crippen LogP contribution in [-0.2, 0) is 0 Å². The van der Waals surface area contributed by atoms with E-state index in [1.165, 1.54) is 50.3 Å². The Morgan fingerprint density at radius 1 is 0.842 bits per heavy atom. The molecule has 4 heterocycles. The van der Waals surface area contributed by atoms with Crippen molar-refractivity contribution >= 4 is 73.0 Å². The van der Waals surface area contributed by atoms with Crippen molar-refractivity contribution in [2.45, 2.75) is 48.0 Å². The van der Waals surface area contributed by atoms with Crippen molar-refractivity contribution in [3.63, 3.8) is 0 Å². The number of fused-ring (bicyclic) bond motifs is 1. The summed E-state index contributed by atoms with van der Waals surface area (Å²) in [6.45, 7) is 3.98. The van der Waals surface area contributed by atoms with Crippen molar-refractivity contribution in [2.75, 3.05) is 36.0 Å². The van der Waals surface area contributed by atoms with Crippen LogP contribution < -0.4 is 9.80 Å². The van der Waals surface area contributed by atoms with Gasteiger partial charge in [-0.2, -0.15) is 15.0 Å². The Labute approximate surface area is 238 Å². The van der Waals surface area contributed by atoms with Gasteiger partial charge in [0.2, 0.25) is 17.1 Å². The van der Waals surface area contributed by atoms with Crippen LogP contribution in [0.5, 0.6) is 5.75 Å². The van der Waals surface area contributed by atoms with Gasteiger partial charge in [0.15, 0.2) is 4.34 Å². The molecule has 0 amide bonds. The number of hydrogen-bond acceptors (Lipinski definition) is 10. The first-order chi connectivity index (χ1) is 18.6. The highest BCUT2D eigenvalue weighted by Gasteiger charge is 2.21. The molecule has 11 heteroatoms. The number of rotatable bonds is 6. The molecule has 2 aromatic heterocycles. The number of aliphatic imine (C=N–C) groups is 1. The van der Waals surface area contributed by atoms with Gasteiger partial charge in [-0.3, -0.25) is 4.99 Å². The van der Waals surface area contributed by atoms with Gasteiger partial charge in [0.1, 0.15) is 5.75 Å². The minimum atomic E-state index is 0.194. The maximum atomic E-state index is 10.1. The largest absolute Gasteiger partial charge is 0.507 e. The molecule has 196 valence electrons. The minimum Gasteiger partial charge on any atom is -0.507 e. The molecule has 2 aliphatic heterocycles. The lowest BCUT2D eigenvalue weighted by atomic mass is 10.1. The van der Waals surface area contributed by atoms with Crippen LogP contribution >= 0.6 is 39.0 Å². The molecular formula is C27H28BrN7OS2. The average molecular weight is 611 g/mol.